The number of nitrogens with one attached hydrogen (secondary N) is 1. The molecular formula is C12H17N3O. The van der Waals surface area contributed by atoms with Crippen molar-refractivity contribution in [2.75, 3.05) is 26.0 Å². The normalized spacial score (nSPS) is 14.6. The number of carbonyl (C=O) groups is 1. The molecule has 1 aliphatic carbocycles. The lowest BCUT2D eigenvalue weighted by molar-refractivity contribution is 0.0788. The second-order valence-electron chi connectivity index (χ2n) is 4.31. The largest absolute Gasteiger partial charge is 0.373 e. The van der Waals surface area contributed by atoms with E-state index in [0.717, 1.165) is 18.3 Å². The maximum Gasteiger partial charge on any atom is 0.253 e. The van der Waals surface area contributed by atoms with Crippen molar-refractivity contribution in [3.8, 4) is 0 Å². The van der Waals surface area contributed by atoms with Gasteiger partial charge >= 0.3 is 0 Å². The topological polar surface area (TPSA) is 45.2 Å². The summed E-state index contributed by atoms with van der Waals surface area (Å²) >= 11 is 0. The van der Waals surface area contributed by atoms with Crippen molar-refractivity contribution in [1.82, 2.24) is 9.88 Å². The van der Waals surface area contributed by atoms with E-state index in [4.69, 9.17) is 0 Å². The summed E-state index contributed by atoms with van der Waals surface area (Å²) in [6.45, 7) is 0.871. The van der Waals surface area contributed by atoms with E-state index in [-0.39, 0.29) is 5.91 Å². The van der Waals surface area contributed by atoms with Crippen molar-refractivity contribution >= 4 is 11.7 Å². The summed E-state index contributed by atoms with van der Waals surface area (Å²) in [5, 5.41) is 2.93. The fourth-order valence-electron chi connectivity index (χ4n) is 1.69. The molecule has 2 rings (SSSR count). The number of amides is 1. The van der Waals surface area contributed by atoms with Crippen molar-refractivity contribution in [1.29, 1.82) is 0 Å². The fraction of sp³-hybridized carbons (Fsp3) is 0.500. The molecule has 1 saturated carbocycles. The summed E-state index contributed by atoms with van der Waals surface area (Å²) in [7, 11) is 3.66. The van der Waals surface area contributed by atoms with Crippen LogP contribution in [0.4, 0.5) is 5.82 Å². The molecular weight excluding hydrogens is 202 g/mol. The zero-order chi connectivity index (χ0) is 11.5. The van der Waals surface area contributed by atoms with Gasteiger partial charge in [-0.05, 0) is 30.9 Å². The zero-order valence-electron chi connectivity index (χ0n) is 9.73. The van der Waals surface area contributed by atoms with Crippen LogP contribution in [0.25, 0.3) is 0 Å². The molecule has 0 bridgehead atoms. The molecule has 0 aromatic carbocycles. The Bertz CT molecular complexity index is 388. The van der Waals surface area contributed by atoms with Crippen molar-refractivity contribution in [2.24, 2.45) is 5.92 Å². The van der Waals surface area contributed by atoms with Crippen LogP contribution in [-0.4, -0.2) is 36.4 Å². The summed E-state index contributed by atoms with van der Waals surface area (Å²) in [6, 6.07) is 3.54. The van der Waals surface area contributed by atoms with Gasteiger partial charge in [-0.25, -0.2) is 4.98 Å². The maximum absolute atomic E-state index is 12.0. The standard InChI is InChI=1S/C12H17N3O/c1-13-11-7-10(5-6-14-11)12(16)15(2)8-9-3-4-9/h5-7,9H,3-4,8H2,1-2H3,(H,13,14). The molecule has 1 amide bonds. The first-order chi connectivity index (χ1) is 7.70. The number of pyridine rings is 1. The Balaban J connectivity index is 2.06. The second-order valence-corrected chi connectivity index (χ2v) is 4.31. The lowest BCUT2D eigenvalue weighted by Gasteiger charge is -2.16. The van der Waals surface area contributed by atoms with Crippen molar-refractivity contribution in [2.45, 2.75) is 12.8 Å². The first kappa shape index (κ1) is 10.9. The van der Waals surface area contributed by atoms with E-state index < -0.39 is 0 Å². The van der Waals surface area contributed by atoms with E-state index in [1.807, 2.05) is 7.05 Å². The third-order valence-corrected chi connectivity index (χ3v) is 2.84. The van der Waals surface area contributed by atoms with Crippen molar-refractivity contribution in [3.05, 3.63) is 23.9 Å². The number of hydrogen-bond acceptors (Lipinski definition) is 3. The molecule has 16 heavy (non-hydrogen) atoms. The minimum atomic E-state index is 0.0748. The molecule has 86 valence electrons. The fourth-order valence-corrected chi connectivity index (χ4v) is 1.69. The first-order valence-electron chi connectivity index (χ1n) is 5.60. The van der Waals surface area contributed by atoms with E-state index in [9.17, 15) is 4.79 Å². The number of hydrogen-bond donors (Lipinski definition) is 1. The average molecular weight is 219 g/mol. The van der Waals surface area contributed by atoms with Gasteiger partial charge in [-0.3, -0.25) is 4.79 Å². The summed E-state index contributed by atoms with van der Waals surface area (Å²) < 4.78 is 0. The van der Waals surface area contributed by atoms with Crippen LogP contribution in [0.5, 0.6) is 0 Å². The van der Waals surface area contributed by atoms with E-state index in [1.165, 1.54) is 12.8 Å². The van der Waals surface area contributed by atoms with Crippen LogP contribution in [0.1, 0.15) is 23.2 Å². The lowest BCUT2D eigenvalue weighted by atomic mass is 10.2. The van der Waals surface area contributed by atoms with Gasteiger partial charge in [0.05, 0.1) is 0 Å². The molecule has 0 saturated heterocycles. The van der Waals surface area contributed by atoms with Gasteiger partial charge in [-0.15, -0.1) is 0 Å². The third-order valence-electron chi connectivity index (χ3n) is 2.84. The number of carbonyl (C=O) groups excluding carboxylic acids is 1. The molecule has 0 unspecified atom stereocenters. The van der Waals surface area contributed by atoms with Crippen molar-refractivity contribution in [3.63, 3.8) is 0 Å². The van der Waals surface area contributed by atoms with Gasteiger partial charge in [-0.1, -0.05) is 0 Å². The van der Waals surface area contributed by atoms with Gasteiger partial charge < -0.3 is 10.2 Å². The van der Waals surface area contributed by atoms with E-state index in [1.54, 1.807) is 30.3 Å². The van der Waals surface area contributed by atoms with Crippen LogP contribution >= 0.6 is 0 Å². The Morgan fingerprint density at radius 3 is 3.00 bits per heavy atom. The minimum absolute atomic E-state index is 0.0748. The van der Waals surface area contributed by atoms with Crippen LogP contribution in [0.3, 0.4) is 0 Å². The number of aromatic nitrogens is 1. The molecule has 0 radical (unpaired) electrons. The molecule has 1 aliphatic rings. The highest BCUT2D eigenvalue weighted by atomic mass is 16.2. The van der Waals surface area contributed by atoms with Gasteiger partial charge in [0, 0.05) is 32.4 Å². The molecule has 4 nitrogen and oxygen atoms in total. The van der Waals surface area contributed by atoms with Crippen LogP contribution in [0, 0.1) is 5.92 Å². The Hall–Kier alpha value is -1.58. The monoisotopic (exact) mass is 219 g/mol. The third kappa shape index (κ3) is 2.51. The molecule has 0 atom stereocenters. The summed E-state index contributed by atoms with van der Waals surface area (Å²) in [5.74, 6) is 1.52. The number of anilines is 1. The van der Waals surface area contributed by atoms with Gasteiger partial charge in [0.1, 0.15) is 5.82 Å². The second kappa shape index (κ2) is 4.51. The van der Waals surface area contributed by atoms with Crippen LogP contribution in [-0.2, 0) is 0 Å². The number of rotatable bonds is 4. The minimum Gasteiger partial charge on any atom is -0.373 e. The van der Waals surface area contributed by atoms with E-state index >= 15 is 0 Å². The summed E-state index contributed by atoms with van der Waals surface area (Å²) in [4.78, 5) is 17.9. The van der Waals surface area contributed by atoms with Gasteiger partial charge in [0.25, 0.3) is 5.91 Å². The molecule has 0 aliphatic heterocycles. The average Bonchev–Trinajstić information content (AvgIpc) is 3.12. The Kier molecular flexibility index (Phi) is 3.08. The molecule has 1 heterocycles. The molecule has 1 N–H and O–H groups in total. The van der Waals surface area contributed by atoms with Gasteiger partial charge in [-0.2, -0.15) is 0 Å². The molecule has 0 spiro atoms. The Morgan fingerprint density at radius 2 is 2.38 bits per heavy atom. The van der Waals surface area contributed by atoms with Gasteiger partial charge in [0.15, 0.2) is 0 Å². The van der Waals surface area contributed by atoms with Crippen molar-refractivity contribution < 1.29 is 4.79 Å². The first-order valence-corrected chi connectivity index (χ1v) is 5.60. The smallest absolute Gasteiger partial charge is 0.253 e. The highest BCUT2D eigenvalue weighted by molar-refractivity contribution is 5.94. The molecule has 1 aromatic rings. The number of nitrogens with zero attached hydrogens (tertiary/aromatic N) is 2. The predicted molar refractivity (Wildman–Crippen MR) is 63.5 cm³/mol. The maximum atomic E-state index is 12.0. The summed E-state index contributed by atoms with van der Waals surface area (Å²) in [6.07, 6.45) is 4.18. The molecule has 4 heteroatoms. The van der Waals surface area contributed by atoms with Crippen LogP contribution < -0.4 is 5.32 Å². The van der Waals surface area contributed by atoms with E-state index in [2.05, 4.69) is 10.3 Å². The van der Waals surface area contributed by atoms with Crippen LogP contribution in [0.2, 0.25) is 0 Å². The summed E-state index contributed by atoms with van der Waals surface area (Å²) in [5.41, 5.74) is 0.697. The molecule has 1 fully saturated rings. The van der Waals surface area contributed by atoms with E-state index in [0.29, 0.717) is 5.56 Å². The molecule has 1 aromatic heterocycles. The predicted octanol–water partition coefficient (Wildman–Crippen LogP) is 1.61. The zero-order valence-corrected chi connectivity index (χ0v) is 9.73. The Labute approximate surface area is 95.7 Å². The quantitative estimate of drug-likeness (QED) is 0.836. The van der Waals surface area contributed by atoms with Crippen LogP contribution in [0.15, 0.2) is 18.3 Å². The highest BCUT2D eigenvalue weighted by Gasteiger charge is 2.25. The Morgan fingerprint density at radius 1 is 1.62 bits per heavy atom. The highest BCUT2D eigenvalue weighted by Crippen LogP contribution is 2.29. The lowest BCUT2D eigenvalue weighted by Crippen LogP contribution is -2.28. The van der Waals surface area contributed by atoms with Gasteiger partial charge in [0.2, 0.25) is 0 Å². The SMILES string of the molecule is CNc1cc(C(=O)N(C)CC2CC2)ccn1.